The first-order valence-electron chi connectivity index (χ1n) is 8.32. The smallest absolute Gasteiger partial charge is 0.251 e. The van der Waals surface area contributed by atoms with Crippen LogP contribution in [0.3, 0.4) is 0 Å². The van der Waals surface area contributed by atoms with Crippen molar-refractivity contribution in [3.05, 3.63) is 35.4 Å². The molecule has 5 nitrogen and oxygen atoms in total. The quantitative estimate of drug-likeness (QED) is 0.724. The summed E-state index contributed by atoms with van der Waals surface area (Å²) in [6.45, 7) is 1.87. The molecule has 1 fully saturated rings. The maximum Gasteiger partial charge on any atom is 0.251 e. The zero-order chi connectivity index (χ0) is 19.3. The Balaban J connectivity index is 1.98. The second kappa shape index (κ2) is 8.77. The van der Waals surface area contributed by atoms with Crippen molar-refractivity contribution in [3.8, 4) is 11.8 Å². The summed E-state index contributed by atoms with van der Waals surface area (Å²) in [6, 6.07) is 4.97. The van der Waals surface area contributed by atoms with E-state index in [2.05, 4.69) is 17.2 Å². The number of hydrogen-bond acceptors (Lipinski definition) is 3. The minimum Gasteiger partial charge on any atom is -0.384 e. The molecule has 3 N–H and O–H groups in total. The molecule has 1 saturated carbocycles. The van der Waals surface area contributed by atoms with Crippen molar-refractivity contribution in [2.75, 3.05) is 13.7 Å². The zero-order valence-electron chi connectivity index (χ0n) is 14.7. The summed E-state index contributed by atoms with van der Waals surface area (Å²) in [5.74, 6) is 4.02. The zero-order valence-corrected chi connectivity index (χ0v) is 14.7. The molecule has 1 aliphatic carbocycles. The molecule has 0 spiro atoms. The van der Waals surface area contributed by atoms with E-state index in [1.807, 2.05) is 0 Å². The van der Waals surface area contributed by atoms with Gasteiger partial charge in [0.2, 0.25) is 12.3 Å². The third-order valence-electron chi connectivity index (χ3n) is 4.37. The highest BCUT2D eigenvalue weighted by Crippen LogP contribution is 2.37. The van der Waals surface area contributed by atoms with E-state index in [4.69, 9.17) is 10.5 Å². The van der Waals surface area contributed by atoms with Crippen LogP contribution in [0.25, 0.3) is 0 Å². The monoisotopic (exact) mass is 364 g/mol. The van der Waals surface area contributed by atoms with Gasteiger partial charge >= 0.3 is 0 Å². The lowest BCUT2D eigenvalue weighted by molar-refractivity contribution is -0.122. The SMILES string of the molecule is COCC1CC1C#Cc1ccc(C(=O)NC(C(N)=O)C(C)C(F)F)cc1. The topological polar surface area (TPSA) is 81.4 Å². The van der Waals surface area contributed by atoms with Gasteiger partial charge in [-0.15, -0.1) is 0 Å². The van der Waals surface area contributed by atoms with E-state index in [0.29, 0.717) is 18.4 Å². The molecule has 0 heterocycles. The Bertz CT molecular complexity index is 710. The minimum absolute atomic E-state index is 0.243. The molecule has 0 aromatic heterocycles. The summed E-state index contributed by atoms with van der Waals surface area (Å²) >= 11 is 0. The predicted molar refractivity (Wildman–Crippen MR) is 92.4 cm³/mol. The maximum atomic E-state index is 12.8. The van der Waals surface area contributed by atoms with Crippen LogP contribution in [0.4, 0.5) is 8.78 Å². The number of primary amides is 1. The van der Waals surface area contributed by atoms with Gasteiger partial charge < -0.3 is 15.8 Å². The number of hydrogen-bond donors (Lipinski definition) is 2. The standard InChI is InChI=1S/C19H22F2N2O3/c1-11(17(20)21)16(18(22)24)23-19(25)13-6-3-12(4-7-13)5-8-14-9-15(14)10-26-2/h3-4,6-7,11,14-17H,9-10H2,1-2H3,(H2,22,24)(H,23,25). The molecule has 26 heavy (non-hydrogen) atoms. The van der Waals surface area contributed by atoms with Crippen molar-refractivity contribution < 1.29 is 23.1 Å². The van der Waals surface area contributed by atoms with Crippen LogP contribution in [0.15, 0.2) is 24.3 Å². The lowest BCUT2D eigenvalue weighted by Gasteiger charge is -2.21. The third-order valence-corrected chi connectivity index (χ3v) is 4.37. The van der Waals surface area contributed by atoms with Crippen LogP contribution in [-0.4, -0.2) is 38.0 Å². The summed E-state index contributed by atoms with van der Waals surface area (Å²) in [6.07, 6.45) is -1.74. The largest absolute Gasteiger partial charge is 0.384 e. The lowest BCUT2D eigenvalue weighted by atomic mass is 10.0. The fraction of sp³-hybridized carbons (Fsp3) is 0.474. The van der Waals surface area contributed by atoms with E-state index < -0.39 is 30.2 Å². The van der Waals surface area contributed by atoms with Gasteiger partial charge in [-0.05, 0) is 36.6 Å². The van der Waals surface area contributed by atoms with Gasteiger partial charge in [0.25, 0.3) is 5.91 Å². The average Bonchev–Trinajstić information content (AvgIpc) is 3.35. The van der Waals surface area contributed by atoms with Crippen LogP contribution >= 0.6 is 0 Å². The van der Waals surface area contributed by atoms with Crippen LogP contribution in [-0.2, 0) is 9.53 Å². The van der Waals surface area contributed by atoms with Gasteiger partial charge in [0.1, 0.15) is 6.04 Å². The van der Waals surface area contributed by atoms with Crippen LogP contribution in [0, 0.1) is 29.6 Å². The van der Waals surface area contributed by atoms with Crippen molar-refractivity contribution in [1.29, 1.82) is 0 Å². The number of carbonyl (C=O) groups excluding carboxylic acids is 2. The molecular weight excluding hydrogens is 342 g/mol. The third kappa shape index (κ3) is 5.27. The molecule has 1 aromatic rings. The van der Waals surface area contributed by atoms with Crippen molar-refractivity contribution in [2.24, 2.45) is 23.5 Å². The molecule has 140 valence electrons. The Kier molecular flexibility index (Phi) is 6.70. The van der Waals surface area contributed by atoms with Gasteiger partial charge in [-0.2, -0.15) is 0 Å². The number of rotatable bonds is 7. The Morgan fingerprint density at radius 2 is 2.00 bits per heavy atom. The molecule has 0 bridgehead atoms. The predicted octanol–water partition coefficient (Wildman–Crippen LogP) is 1.81. The summed E-state index contributed by atoms with van der Waals surface area (Å²) < 4.78 is 30.7. The number of nitrogens with two attached hydrogens (primary N) is 1. The molecule has 0 radical (unpaired) electrons. The molecule has 4 atom stereocenters. The lowest BCUT2D eigenvalue weighted by Crippen LogP contribution is -2.50. The van der Waals surface area contributed by atoms with Crippen molar-refractivity contribution >= 4 is 11.8 Å². The highest BCUT2D eigenvalue weighted by Gasteiger charge is 2.35. The second-order valence-electron chi connectivity index (χ2n) is 6.45. The van der Waals surface area contributed by atoms with Crippen LogP contribution in [0.2, 0.25) is 0 Å². The number of methoxy groups -OCH3 is 1. The van der Waals surface area contributed by atoms with E-state index >= 15 is 0 Å². The molecular formula is C19H22F2N2O3. The molecule has 0 aliphatic heterocycles. The fourth-order valence-corrected chi connectivity index (χ4v) is 2.54. The molecule has 4 unspecified atom stereocenters. The average molecular weight is 364 g/mol. The van der Waals surface area contributed by atoms with Crippen LogP contribution in [0.5, 0.6) is 0 Å². The first-order valence-corrected chi connectivity index (χ1v) is 8.32. The Morgan fingerprint density at radius 3 is 2.54 bits per heavy atom. The van der Waals surface area contributed by atoms with E-state index in [-0.39, 0.29) is 5.56 Å². The van der Waals surface area contributed by atoms with Crippen molar-refractivity contribution in [2.45, 2.75) is 25.8 Å². The van der Waals surface area contributed by atoms with Crippen molar-refractivity contribution in [3.63, 3.8) is 0 Å². The van der Waals surface area contributed by atoms with E-state index in [0.717, 1.165) is 18.9 Å². The van der Waals surface area contributed by atoms with Gasteiger partial charge in [-0.3, -0.25) is 9.59 Å². The van der Waals surface area contributed by atoms with Gasteiger partial charge in [0.05, 0.1) is 6.61 Å². The number of alkyl halides is 2. The first-order chi connectivity index (χ1) is 12.3. The summed E-state index contributed by atoms with van der Waals surface area (Å²) in [5, 5.41) is 2.27. The number of nitrogens with one attached hydrogen (secondary N) is 1. The molecule has 7 heteroatoms. The summed E-state index contributed by atoms with van der Waals surface area (Å²) in [7, 11) is 1.66. The molecule has 2 amide bonds. The van der Waals surface area contributed by atoms with Gasteiger partial charge in [0, 0.05) is 30.1 Å². The van der Waals surface area contributed by atoms with E-state index in [1.54, 1.807) is 19.2 Å². The van der Waals surface area contributed by atoms with Gasteiger partial charge in [-0.1, -0.05) is 18.8 Å². The molecule has 1 aliphatic rings. The van der Waals surface area contributed by atoms with Crippen LogP contribution in [0.1, 0.15) is 29.3 Å². The highest BCUT2D eigenvalue weighted by molar-refractivity contribution is 5.97. The maximum absolute atomic E-state index is 12.8. The number of benzene rings is 1. The first kappa shape index (κ1) is 19.9. The van der Waals surface area contributed by atoms with Crippen LogP contribution < -0.4 is 11.1 Å². The van der Waals surface area contributed by atoms with Gasteiger partial charge in [-0.25, -0.2) is 8.78 Å². The van der Waals surface area contributed by atoms with E-state index in [1.165, 1.54) is 12.1 Å². The summed E-state index contributed by atoms with van der Waals surface area (Å²) in [4.78, 5) is 23.5. The Morgan fingerprint density at radius 1 is 1.35 bits per heavy atom. The number of amides is 2. The number of halogens is 2. The minimum atomic E-state index is -2.77. The molecule has 0 saturated heterocycles. The van der Waals surface area contributed by atoms with Crippen molar-refractivity contribution in [1.82, 2.24) is 5.32 Å². The summed E-state index contributed by atoms with van der Waals surface area (Å²) in [5.41, 5.74) is 6.11. The Labute approximate surface area is 151 Å². The normalized spacial score (nSPS) is 20.7. The highest BCUT2D eigenvalue weighted by atomic mass is 19.3. The molecule has 1 aromatic carbocycles. The van der Waals surface area contributed by atoms with E-state index in [9.17, 15) is 18.4 Å². The second-order valence-corrected chi connectivity index (χ2v) is 6.45. The Hall–Kier alpha value is -2.46. The van der Waals surface area contributed by atoms with Gasteiger partial charge in [0.15, 0.2) is 0 Å². The number of carbonyl (C=O) groups is 2. The fourth-order valence-electron chi connectivity index (χ4n) is 2.54. The number of ether oxygens (including phenoxy) is 1. The molecule has 2 rings (SSSR count).